The highest BCUT2D eigenvalue weighted by Crippen LogP contribution is 2.43. The number of halogens is 1. The normalized spacial score (nSPS) is 25.7. The third-order valence-electron chi connectivity index (χ3n) is 9.63. The molecule has 1 aromatic carbocycles. The van der Waals surface area contributed by atoms with Gasteiger partial charge in [-0.05, 0) is 57.4 Å². The second-order valence-electron chi connectivity index (χ2n) is 12.8. The highest BCUT2D eigenvalue weighted by molar-refractivity contribution is 7.23. The van der Waals surface area contributed by atoms with E-state index in [4.69, 9.17) is 25.5 Å². The average Bonchev–Trinajstić information content (AvgIpc) is 3.76. The van der Waals surface area contributed by atoms with E-state index in [1.54, 1.807) is 6.20 Å². The van der Waals surface area contributed by atoms with E-state index in [1.165, 1.54) is 11.3 Å². The Morgan fingerprint density at radius 2 is 2.07 bits per heavy atom. The number of nitrogens with zero attached hydrogens (tertiary/aromatic N) is 7. The van der Waals surface area contributed by atoms with Crippen molar-refractivity contribution in [2.24, 2.45) is 0 Å². The van der Waals surface area contributed by atoms with Gasteiger partial charge in [0, 0.05) is 41.7 Å². The average molecular weight is 613 g/mol. The number of thiophene rings is 1. The number of nitrogens with two attached hydrogens (primary N) is 1. The van der Waals surface area contributed by atoms with Crippen LogP contribution in [0.4, 0.5) is 15.2 Å². The maximum Gasteiger partial charge on any atom is 0.319 e. The predicted molar refractivity (Wildman–Crippen MR) is 169 cm³/mol. The summed E-state index contributed by atoms with van der Waals surface area (Å²) < 4.78 is 23.7. The van der Waals surface area contributed by atoms with E-state index >= 15 is 0 Å². The van der Waals surface area contributed by atoms with Crippen molar-refractivity contribution >= 4 is 48.7 Å². The number of benzene rings is 1. The number of pyridine rings is 1. The monoisotopic (exact) mass is 612 g/mol. The number of rotatable bonds is 5. The standard InChI is InChI=1S/C32H33FN8O2S/c1-31(42)8-3-11-39(17-31)29-27-22(37-30(38-29)43-18-32-9-4-12-40(32)16-19(33)14-32)13-24(41-23(27)7-10-36-41)20-5-2-6-25-26(20)21(15-34)28(35)44-25/h2,5-7,10,13,19,42H,3-4,8-9,11-12,14,16-18,35H2,1H3/t19-,31-,32+/m1/s1. The lowest BCUT2D eigenvalue weighted by Crippen LogP contribution is -2.46. The van der Waals surface area contributed by atoms with Crippen LogP contribution in [0.5, 0.6) is 6.01 Å². The van der Waals surface area contributed by atoms with Crippen LogP contribution in [0.15, 0.2) is 36.5 Å². The number of ether oxygens (including phenoxy) is 1. The highest BCUT2D eigenvalue weighted by Gasteiger charge is 2.49. The molecular formula is C32H33FN8O2S. The molecule has 226 valence electrons. The summed E-state index contributed by atoms with van der Waals surface area (Å²) in [6, 6.07) is 12.3. The number of aliphatic hydroxyl groups is 1. The number of hydrogen-bond donors (Lipinski definition) is 2. The van der Waals surface area contributed by atoms with E-state index in [0.29, 0.717) is 54.4 Å². The van der Waals surface area contributed by atoms with Crippen LogP contribution in [0.25, 0.3) is 37.8 Å². The Labute approximate surface area is 257 Å². The lowest BCUT2D eigenvalue weighted by Gasteiger charge is -2.38. The fourth-order valence-corrected chi connectivity index (χ4v) is 8.64. The molecule has 5 aromatic rings. The number of alkyl halides is 1. The molecule has 3 aliphatic rings. The second kappa shape index (κ2) is 9.99. The Morgan fingerprint density at radius 3 is 2.91 bits per heavy atom. The first-order valence-electron chi connectivity index (χ1n) is 15.1. The van der Waals surface area contributed by atoms with E-state index < -0.39 is 11.8 Å². The van der Waals surface area contributed by atoms with E-state index in [1.807, 2.05) is 41.8 Å². The van der Waals surface area contributed by atoms with Crippen LogP contribution in [-0.4, -0.2) is 79.7 Å². The summed E-state index contributed by atoms with van der Waals surface area (Å²) in [5, 5.41) is 27.8. The Balaban J connectivity index is 1.32. The van der Waals surface area contributed by atoms with Crippen molar-refractivity contribution in [3.8, 4) is 23.3 Å². The number of nitrogen functional groups attached to an aromatic ring is 1. The van der Waals surface area contributed by atoms with Crippen molar-refractivity contribution in [2.45, 2.75) is 56.3 Å². The van der Waals surface area contributed by atoms with Crippen molar-refractivity contribution in [1.29, 1.82) is 5.26 Å². The van der Waals surface area contributed by atoms with Crippen LogP contribution in [0, 0.1) is 11.3 Å². The topological polar surface area (TPSA) is 129 Å². The van der Waals surface area contributed by atoms with E-state index in [0.717, 1.165) is 64.6 Å². The Bertz CT molecular complexity index is 1980. The molecule has 3 N–H and O–H groups in total. The summed E-state index contributed by atoms with van der Waals surface area (Å²) in [5.74, 6) is 0.674. The third kappa shape index (κ3) is 4.29. The molecule has 12 heteroatoms. The van der Waals surface area contributed by atoms with Gasteiger partial charge in [0.15, 0.2) is 0 Å². The molecule has 44 heavy (non-hydrogen) atoms. The lowest BCUT2D eigenvalue weighted by molar-refractivity contribution is 0.0447. The summed E-state index contributed by atoms with van der Waals surface area (Å²) in [4.78, 5) is 14.2. The predicted octanol–water partition coefficient (Wildman–Crippen LogP) is 4.92. The first-order valence-corrected chi connectivity index (χ1v) is 16.0. The quantitative estimate of drug-likeness (QED) is 0.284. The molecule has 3 fully saturated rings. The van der Waals surface area contributed by atoms with Crippen LogP contribution < -0.4 is 15.4 Å². The minimum Gasteiger partial charge on any atom is -0.461 e. The van der Waals surface area contributed by atoms with Crippen LogP contribution in [-0.2, 0) is 0 Å². The summed E-state index contributed by atoms with van der Waals surface area (Å²) in [6.07, 6.45) is 4.78. The van der Waals surface area contributed by atoms with Crippen LogP contribution in [0.3, 0.4) is 0 Å². The summed E-state index contributed by atoms with van der Waals surface area (Å²) in [7, 11) is 0. The molecule has 3 saturated heterocycles. The van der Waals surface area contributed by atoms with Gasteiger partial charge in [0.05, 0.1) is 45.0 Å². The number of β-amino-alcohol motifs (C(OH)–C–C–N with tert-alkyl or cyclic N) is 1. The summed E-state index contributed by atoms with van der Waals surface area (Å²) in [6.45, 7) is 4.64. The second-order valence-corrected chi connectivity index (χ2v) is 13.8. The molecule has 3 aliphatic heterocycles. The van der Waals surface area contributed by atoms with Gasteiger partial charge < -0.3 is 20.5 Å². The molecule has 0 bridgehead atoms. The zero-order chi connectivity index (χ0) is 30.2. The first kappa shape index (κ1) is 27.5. The van der Waals surface area contributed by atoms with Crippen molar-refractivity contribution in [3.05, 3.63) is 42.1 Å². The molecule has 0 aliphatic carbocycles. The Hall–Kier alpha value is -4.05. The van der Waals surface area contributed by atoms with E-state index in [-0.39, 0.29) is 11.5 Å². The molecule has 4 aromatic heterocycles. The molecule has 0 spiro atoms. The van der Waals surface area contributed by atoms with Gasteiger partial charge in [-0.15, -0.1) is 11.3 Å². The fourth-order valence-electron chi connectivity index (χ4n) is 7.70. The molecule has 0 saturated carbocycles. The Kier molecular flexibility index (Phi) is 6.24. The number of anilines is 2. The lowest BCUT2D eigenvalue weighted by atomic mass is 9.95. The molecule has 3 atom stereocenters. The number of fused-ring (bicyclic) bond motifs is 5. The highest BCUT2D eigenvalue weighted by atomic mass is 32.1. The third-order valence-corrected chi connectivity index (χ3v) is 10.6. The van der Waals surface area contributed by atoms with Gasteiger partial charge in [0.25, 0.3) is 0 Å². The van der Waals surface area contributed by atoms with Gasteiger partial charge in [-0.2, -0.15) is 20.3 Å². The van der Waals surface area contributed by atoms with E-state index in [9.17, 15) is 14.8 Å². The molecule has 7 heterocycles. The summed E-state index contributed by atoms with van der Waals surface area (Å²) >= 11 is 1.39. The van der Waals surface area contributed by atoms with Gasteiger partial charge in [0.2, 0.25) is 0 Å². The molecule has 0 radical (unpaired) electrons. The molecular weight excluding hydrogens is 579 g/mol. The molecule has 8 rings (SSSR count). The summed E-state index contributed by atoms with van der Waals surface area (Å²) in [5.41, 5.74) is 8.55. The van der Waals surface area contributed by atoms with Crippen LogP contribution in [0.1, 0.15) is 44.6 Å². The zero-order valence-corrected chi connectivity index (χ0v) is 25.3. The van der Waals surface area contributed by atoms with Gasteiger partial charge in [-0.3, -0.25) is 4.90 Å². The van der Waals surface area contributed by atoms with Crippen LogP contribution >= 0.6 is 11.3 Å². The smallest absolute Gasteiger partial charge is 0.319 e. The fraction of sp³-hybridized carbons (Fsp3) is 0.438. The Morgan fingerprint density at radius 1 is 1.20 bits per heavy atom. The van der Waals surface area contributed by atoms with Crippen molar-refractivity contribution in [1.82, 2.24) is 24.5 Å². The minimum absolute atomic E-state index is 0.228. The van der Waals surface area contributed by atoms with Crippen molar-refractivity contribution in [2.75, 3.05) is 43.4 Å². The first-order chi connectivity index (χ1) is 21.2. The maximum atomic E-state index is 14.5. The number of aromatic nitrogens is 4. The maximum absolute atomic E-state index is 14.5. The zero-order valence-electron chi connectivity index (χ0n) is 24.5. The SMILES string of the molecule is C[C@@]1(O)CCCN(c2nc(OC[C@@]34CCCN3C[C@H](F)C4)nc3cc(-c4cccc5sc(N)c(C#N)c45)n4nccc4c23)C1. The van der Waals surface area contributed by atoms with Gasteiger partial charge in [-0.1, -0.05) is 12.1 Å². The molecule has 0 amide bonds. The van der Waals surface area contributed by atoms with Crippen molar-refractivity contribution in [3.63, 3.8) is 0 Å². The molecule has 0 unspecified atom stereocenters. The van der Waals surface area contributed by atoms with Gasteiger partial charge in [0.1, 0.15) is 29.7 Å². The van der Waals surface area contributed by atoms with Gasteiger partial charge in [-0.25, -0.2) is 8.91 Å². The largest absolute Gasteiger partial charge is 0.461 e. The van der Waals surface area contributed by atoms with Crippen LogP contribution in [0.2, 0.25) is 0 Å². The van der Waals surface area contributed by atoms with Gasteiger partial charge >= 0.3 is 6.01 Å². The molecule has 10 nitrogen and oxygen atoms in total. The number of piperidine rings is 1. The number of nitriles is 1. The van der Waals surface area contributed by atoms with Crippen molar-refractivity contribution < 1.29 is 14.2 Å². The number of hydrogen-bond acceptors (Lipinski definition) is 10. The van der Waals surface area contributed by atoms with E-state index in [2.05, 4.69) is 15.9 Å². The minimum atomic E-state index is -0.863.